The van der Waals surface area contributed by atoms with E-state index < -0.39 is 23.0 Å². The Labute approximate surface area is 167 Å². The predicted octanol–water partition coefficient (Wildman–Crippen LogP) is 3.16. The zero-order chi connectivity index (χ0) is 21.9. The van der Waals surface area contributed by atoms with Gasteiger partial charge >= 0.3 is 24.3 Å². The smallest absolute Gasteiger partial charge is 0.445 e. The first-order chi connectivity index (χ1) is 14.0. The first-order valence-corrected chi connectivity index (χ1v) is 8.69. The molecule has 0 fully saturated rings. The number of halogens is 3. The normalized spacial score (nSPS) is 18.1. The van der Waals surface area contributed by atoms with Crippen LogP contribution in [0.4, 0.5) is 23.8 Å². The first kappa shape index (κ1) is 21.2. The second-order valence-electron chi connectivity index (χ2n) is 6.76. The van der Waals surface area contributed by atoms with Crippen LogP contribution in [0.1, 0.15) is 18.9 Å². The molecule has 0 spiro atoms. The first-order valence-electron chi connectivity index (χ1n) is 8.69. The third-order valence-corrected chi connectivity index (χ3v) is 4.27. The molecule has 10 nitrogen and oxygen atoms in total. The molecule has 0 saturated carbocycles. The summed E-state index contributed by atoms with van der Waals surface area (Å²) >= 11 is 0. The van der Waals surface area contributed by atoms with Crippen LogP contribution >= 0.6 is 0 Å². The van der Waals surface area contributed by atoms with Crippen molar-refractivity contribution in [3.63, 3.8) is 0 Å². The van der Waals surface area contributed by atoms with Crippen molar-refractivity contribution in [2.75, 3.05) is 6.54 Å². The molecule has 30 heavy (non-hydrogen) atoms. The quantitative estimate of drug-likeness (QED) is 0.552. The van der Waals surface area contributed by atoms with Gasteiger partial charge in [0, 0.05) is 17.9 Å². The van der Waals surface area contributed by atoms with Crippen molar-refractivity contribution in [1.29, 1.82) is 0 Å². The van der Waals surface area contributed by atoms with Gasteiger partial charge in [0.15, 0.2) is 0 Å². The van der Waals surface area contributed by atoms with Crippen LogP contribution in [0.15, 0.2) is 30.5 Å². The summed E-state index contributed by atoms with van der Waals surface area (Å²) in [5.74, 6) is -0.704. The van der Waals surface area contributed by atoms with Crippen LogP contribution in [-0.4, -0.2) is 39.1 Å². The number of rotatable bonds is 6. The molecule has 1 aliphatic heterocycles. The van der Waals surface area contributed by atoms with Crippen molar-refractivity contribution < 1.29 is 37.1 Å². The van der Waals surface area contributed by atoms with Crippen molar-refractivity contribution in [3.8, 4) is 11.8 Å². The largest absolute Gasteiger partial charge is 0.573 e. The van der Waals surface area contributed by atoms with Gasteiger partial charge in [-0.05, 0) is 29.5 Å². The van der Waals surface area contributed by atoms with Gasteiger partial charge in [-0.15, -0.1) is 13.2 Å². The van der Waals surface area contributed by atoms with Crippen LogP contribution in [0.5, 0.6) is 11.8 Å². The number of aromatic nitrogens is 2. The van der Waals surface area contributed by atoms with Crippen LogP contribution in [0.2, 0.25) is 0 Å². The Hall–Kier alpha value is -3.51. The van der Waals surface area contributed by atoms with Crippen LogP contribution in [0.25, 0.3) is 0 Å². The summed E-state index contributed by atoms with van der Waals surface area (Å²) in [5.41, 5.74) is -0.376. The van der Waals surface area contributed by atoms with Crippen LogP contribution < -0.4 is 14.8 Å². The zero-order valence-electron chi connectivity index (χ0n) is 15.6. The van der Waals surface area contributed by atoms with E-state index in [-0.39, 0.29) is 30.7 Å². The van der Waals surface area contributed by atoms with Gasteiger partial charge in [0.05, 0.1) is 6.54 Å². The lowest BCUT2D eigenvalue weighted by molar-refractivity contribution is -0.389. The van der Waals surface area contributed by atoms with Crippen molar-refractivity contribution in [2.45, 2.75) is 38.5 Å². The average Bonchev–Trinajstić information content (AvgIpc) is 3.08. The Balaban J connectivity index is 1.47. The molecule has 0 bridgehead atoms. The number of ether oxygens (including phenoxy) is 3. The summed E-state index contributed by atoms with van der Waals surface area (Å²) in [4.78, 5) is 25.9. The highest BCUT2D eigenvalue weighted by Crippen LogP contribution is 2.29. The number of imidazole rings is 1. The number of fused-ring (bicyclic) bond motifs is 1. The number of carbonyl (C=O) groups excluding carboxylic acids is 1. The van der Waals surface area contributed by atoms with Crippen LogP contribution in [-0.2, 0) is 17.9 Å². The van der Waals surface area contributed by atoms with Gasteiger partial charge in [-0.2, -0.15) is 0 Å². The minimum absolute atomic E-state index is 0.0604. The number of alkyl carbamates (subject to hydrolysis) is 1. The lowest BCUT2D eigenvalue weighted by atomic mass is 10.0. The van der Waals surface area contributed by atoms with Gasteiger partial charge in [0.1, 0.15) is 24.2 Å². The maximum atomic E-state index is 12.1. The molecule has 1 unspecified atom stereocenters. The number of alkyl halides is 3. The van der Waals surface area contributed by atoms with E-state index in [1.807, 2.05) is 0 Å². The number of benzene rings is 1. The standard InChI is InChI=1S/C17H17F3N4O6/c1-16(6-7-23-8-13(24(26)27)22-14(23)30-16)10-21-15(25)28-9-11-2-4-12(5-3-11)29-17(18,19)20/h2-5,8H,6-7,9-10H2,1H3,(H,21,25). The summed E-state index contributed by atoms with van der Waals surface area (Å²) in [6, 6.07) is 5.00. The molecule has 13 heteroatoms. The predicted molar refractivity (Wildman–Crippen MR) is 93.8 cm³/mol. The average molecular weight is 430 g/mol. The number of hydrogen-bond donors (Lipinski definition) is 1. The van der Waals surface area contributed by atoms with Gasteiger partial charge in [-0.1, -0.05) is 12.1 Å². The summed E-state index contributed by atoms with van der Waals surface area (Å²) in [7, 11) is 0. The molecule has 0 aliphatic carbocycles. The molecule has 1 amide bonds. The van der Waals surface area contributed by atoms with Gasteiger partial charge in [-0.3, -0.25) is 4.57 Å². The molecule has 162 valence electrons. The summed E-state index contributed by atoms with van der Waals surface area (Å²) in [5, 5.41) is 13.3. The van der Waals surface area contributed by atoms with E-state index in [0.717, 1.165) is 12.1 Å². The number of amides is 1. The van der Waals surface area contributed by atoms with E-state index in [0.29, 0.717) is 18.5 Å². The Morgan fingerprint density at radius 3 is 2.73 bits per heavy atom. The van der Waals surface area contributed by atoms with Crippen molar-refractivity contribution >= 4 is 11.9 Å². The van der Waals surface area contributed by atoms with E-state index in [2.05, 4.69) is 15.0 Å². The molecule has 2 heterocycles. The maximum absolute atomic E-state index is 12.1. The number of hydrogen-bond acceptors (Lipinski definition) is 7. The minimum Gasteiger partial charge on any atom is -0.445 e. The third-order valence-electron chi connectivity index (χ3n) is 4.27. The van der Waals surface area contributed by atoms with Crippen molar-refractivity contribution in [3.05, 3.63) is 46.1 Å². The van der Waals surface area contributed by atoms with E-state index >= 15 is 0 Å². The lowest BCUT2D eigenvalue weighted by Crippen LogP contribution is -2.48. The molecule has 1 N–H and O–H groups in total. The van der Waals surface area contributed by atoms with Crippen molar-refractivity contribution in [2.24, 2.45) is 0 Å². The highest BCUT2D eigenvalue weighted by atomic mass is 19.4. The summed E-state index contributed by atoms with van der Waals surface area (Å²) in [6.07, 6.45) is -3.79. The van der Waals surface area contributed by atoms with Gasteiger partial charge in [0.2, 0.25) is 0 Å². The number of nitro groups is 1. The Morgan fingerprint density at radius 2 is 2.10 bits per heavy atom. The fourth-order valence-corrected chi connectivity index (χ4v) is 2.71. The molecule has 2 aromatic rings. The number of aryl methyl sites for hydroxylation is 1. The van der Waals surface area contributed by atoms with E-state index in [9.17, 15) is 28.1 Å². The molecular weight excluding hydrogens is 413 g/mol. The second kappa shape index (κ2) is 8.08. The fraction of sp³-hybridized carbons (Fsp3) is 0.412. The zero-order valence-corrected chi connectivity index (χ0v) is 15.6. The summed E-state index contributed by atoms with van der Waals surface area (Å²) < 4.78 is 52.4. The SMILES string of the molecule is CC1(CNC(=O)OCc2ccc(OC(F)(F)F)cc2)CCn2cc([N+](=O)[O-])nc2O1. The molecular formula is C17H17F3N4O6. The Bertz CT molecular complexity index is 931. The summed E-state index contributed by atoms with van der Waals surface area (Å²) in [6.45, 7) is 2.05. The Morgan fingerprint density at radius 1 is 1.40 bits per heavy atom. The van der Waals surface area contributed by atoms with Gasteiger partial charge < -0.3 is 29.6 Å². The van der Waals surface area contributed by atoms with E-state index in [4.69, 9.17) is 9.47 Å². The highest BCUT2D eigenvalue weighted by molar-refractivity contribution is 5.67. The number of carbonyl (C=O) groups is 1. The van der Waals surface area contributed by atoms with Crippen LogP contribution in [0, 0.1) is 10.1 Å². The molecule has 1 aromatic heterocycles. The molecule has 1 aromatic carbocycles. The molecule has 0 radical (unpaired) electrons. The lowest BCUT2D eigenvalue weighted by Gasteiger charge is -2.32. The molecule has 0 saturated heterocycles. The Kier molecular flexibility index (Phi) is 5.71. The van der Waals surface area contributed by atoms with E-state index in [1.54, 1.807) is 6.92 Å². The van der Waals surface area contributed by atoms with E-state index in [1.165, 1.54) is 22.9 Å². The van der Waals surface area contributed by atoms with Gasteiger partial charge in [-0.25, -0.2) is 4.79 Å². The highest BCUT2D eigenvalue weighted by Gasteiger charge is 2.37. The molecule has 1 aliphatic rings. The molecule has 1 atom stereocenters. The fourth-order valence-electron chi connectivity index (χ4n) is 2.71. The third kappa shape index (κ3) is 5.52. The number of nitrogens with zero attached hydrogens (tertiary/aromatic N) is 3. The topological polar surface area (TPSA) is 118 Å². The molecule has 3 rings (SSSR count). The maximum Gasteiger partial charge on any atom is 0.573 e. The second-order valence-corrected chi connectivity index (χ2v) is 6.76. The van der Waals surface area contributed by atoms with Crippen LogP contribution in [0.3, 0.4) is 0 Å². The minimum atomic E-state index is -4.78. The van der Waals surface area contributed by atoms with Crippen molar-refractivity contribution in [1.82, 2.24) is 14.9 Å². The monoisotopic (exact) mass is 430 g/mol. The number of nitrogens with one attached hydrogen (secondary N) is 1. The van der Waals surface area contributed by atoms with Gasteiger partial charge in [0.25, 0.3) is 0 Å².